The standard InChI is InChI=1S/C23H27ClN2O5/c1-16(4-6-18-3-2-10-30-18)25-21(27)14-26-15-23(8-11-29-12-9-23)31-20-7-5-17(24)13-19(20)22(26)28/h2-3,5,7,10,13,16H,4,6,8-9,11-12,14-15H2,1H3,(H,25,27). The molecule has 1 unspecified atom stereocenters. The zero-order chi connectivity index (χ0) is 21.8. The van der Waals surface area contributed by atoms with E-state index in [0.29, 0.717) is 48.9 Å². The van der Waals surface area contributed by atoms with Gasteiger partial charge in [0.05, 0.1) is 31.6 Å². The second kappa shape index (κ2) is 9.32. The molecule has 1 aromatic heterocycles. The minimum Gasteiger partial charge on any atom is -0.484 e. The number of hydrogen-bond acceptors (Lipinski definition) is 5. The molecule has 2 amide bonds. The number of rotatable bonds is 6. The molecule has 1 atom stereocenters. The van der Waals surface area contributed by atoms with Crippen LogP contribution in [0.2, 0.25) is 5.02 Å². The fourth-order valence-electron chi connectivity index (χ4n) is 4.12. The third kappa shape index (κ3) is 5.22. The van der Waals surface area contributed by atoms with Gasteiger partial charge >= 0.3 is 0 Å². The van der Waals surface area contributed by atoms with Crippen molar-refractivity contribution in [3.63, 3.8) is 0 Å². The molecule has 0 aliphatic carbocycles. The van der Waals surface area contributed by atoms with Crippen molar-refractivity contribution in [2.45, 2.75) is 44.2 Å². The van der Waals surface area contributed by atoms with Gasteiger partial charge in [-0.1, -0.05) is 11.6 Å². The van der Waals surface area contributed by atoms with Gasteiger partial charge in [0.2, 0.25) is 5.91 Å². The summed E-state index contributed by atoms with van der Waals surface area (Å²) < 4.78 is 17.2. The van der Waals surface area contributed by atoms with Crippen molar-refractivity contribution in [3.8, 4) is 5.75 Å². The van der Waals surface area contributed by atoms with Crippen LogP contribution in [-0.4, -0.2) is 54.7 Å². The van der Waals surface area contributed by atoms with Gasteiger partial charge in [-0.2, -0.15) is 0 Å². The van der Waals surface area contributed by atoms with Crippen molar-refractivity contribution in [1.29, 1.82) is 0 Å². The first-order valence-electron chi connectivity index (χ1n) is 10.6. The summed E-state index contributed by atoms with van der Waals surface area (Å²) >= 11 is 6.14. The Balaban J connectivity index is 1.46. The number of ether oxygens (including phenoxy) is 2. The van der Waals surface area contributed by atoms with Gasteiger partial charge in [0.15, 0.2) is 0 Å². The zero-order valence-corrected chi connectivity index (χ0v) is 18.3. The molecule has 4 rings (SSSR count). The third-order valence-corrected chi connectivity index (χ3v) is 6.05. The molecule has 1 fully saturated rings. The molecule has 2 aliphatic rings. The van der Waals surface area contributed by atoms with E-state index in [4.69, 9.17) is 25.5 Å². The topological polar surface area (TPSA) is 81.0 Å². The molecule has 0 bridgehead atoms. The van der Waals surface area contributed by atoms with Crippen molar-refractivity contribution in [2.75, 3.05) is 26.3 Å². The van der Waals surface area contributed by atoms with Crippen LogP contribution in [0, 0.1) is 0 Å². The lowest BCUT2D eigenvalue weighted by Gasteiger charge is -2.38. The van der Waals surface area contributed by atoms with E-state index in [2.05, 4.69) is 5.32 Å². The van der Waals surface area contributed by atoms with E-state index >= 15 is 0 Å². The molecule has 0 radical (unpaired) electrons. The Morgan fingerprint density at radius 3 is 2.84 bits per heavy atom. The molecule has 166 valence electrons. The maximum Gasteiger partial charge on any atom is 0.258 e. The number of aryl methyl sites for hydroxylation is 1. The lowest BCUT2D eigenvalue weighted by molar-refractivity contribution is -0.123. The SMILES string of the molecule is CC(CCc1ccco1)NC(=O)CN1CC2(CCOCC2)Oc2ccc(Cl)cc2C1=O. The molecule has 1 N–H and O–H groups in total. The van der Waals surface area contributed by atoms with Crippen molar-refractivity contribution in [3.05, 3.63) is 52.9 Å². The Morgan fingerprint density at radius 1 is 1.29 bits per heavy atom. The van der Waals surface area contributed by atoms with Gasteiger partial charge in [-0.15, -0.1) is 0 Å². The van der Waals surface area contributed by atoms with Gasteiger partial charge in [-0.3, -0.25) is 9.59 Å². The molecule has 2 aromatic rings. The molecule has 31 heavy (non-hydrogen) atoms. The molecule has 1 spiro atoms. The molecule has 1 saturated heterocycles. The van der Waals surface area contributed by atoms with Crippen LogP contribution in [0.3, 0.4) is 0 Å². The Bertz CT molecular complexity index is 924. The van der Waals surface area contributed by atoms with Crippen molar-refractivity contribution >= 4 is 23.4 Å². The average Bonchev–Trinajstić information content (AvgIpc) is 3.24. The van der Waals surface area contributed by atoms with Crippen molar-refractivity contribution in [2.24, 2.45) is 0 Å². The number of furan rings is 1. The Morgan fingerprint density at radius 2 is 2.10 bits per heavy atom. The second-order valence-electron chi connectivity index (χ2n) is 8.29. The van der Waals surface area contributed by atoms with Gasteiger partial charge in [-0.05, 0) is 43.7 Å². The summed E-state index contributed by atoms with van der Waals surface area (Å²) in [6.45, 7) is 3.35. The minimum absolute atomic E-state index is 0.0398. The van der Waals surface area contributed by atoms with E-state index in [-0.39, 0.29) is 24.4 Å². The highest BCUT2D eigenvalue weighted by molar-refractivity contribution is 6.31. The summed E-state index contributed by atoms with van der Waals surface area (Å²) in [5.41, 5.74) is -0.187. The fraction of sp³-hybridized carbons (Fsp3) is 0.478. The monoisotopic (exact) mass is 446 g/mol. The van der Waals surface area contributed by atoms with Crippen LogP contribution in [-0.2, 0) is 16.0 Å². The quantitative estimate of drug-likeness (QED) is 0.735. The number of carbonyl (C=O) groups excluding carboxylic acids is 2. The molecule has 8 heteroatoms. The molecule has 2 aliphatic heterocycles. The highest BCUT2D eigenvalue weighted by atomic mass is 35.5. The number of hydrogen-bond donors (Lipinski definition) is 1. The van der Waals surface area contributed by atoms with Crippen LogP contribution in [0.25, 0.3) is 0 Å². The normalized spacial score (nSPS) is 18.8. The van der Waals surface area contributed by atoms with Crippen LogP contribution in [0.4, 0.5) is 0 Å². The molecule has 7 nitrogen and oxygen atoms in total. The molecule has 3 heterocycles. The second-order valence-corrected chi connectivity index (χ2v) is 8.72. The summed E-state index contributed by atoms with van der Waals surface area (Å²) in [6, 6.07) is 8.77. The van der Waals surface area contributed by atoms with Crippen molar-refractivity contribution in [1.82, 2.24) is 10.2 Å². The number of halogens is 1. The van der Waals surface area contributed by atoms with Crippen molar-refractivity contribution < 1.29 is 23.5 Å². The maximum atomic E-state index is 13.3. The first kappa shape index (κ1) is 21.7. The first-order valence-corrected chi connectivity index (χ1v) is 11.0. The first-order chi connectivity index (χ1) is 14.9. The maximum absolute atomic E-state index is 13.3. The van der Waals surface area contributed by atoms with E-state index in [1.807, 2.05) is 19.1 Å². The van der Waals surface area contributed by atoms with E-state index in [1.54, 1.807) is 29.4 Å². The highest BCUT2D eigenvalue weighted by Crippen LogP contribution is 2.36. The number of benzene rings is 1. The van der Waals surface area contributed by atoms with E-state index in [0.717, 1.165) is 18.6 Å². The summed E-state index contributed by atoms with van der Waals surface area (Å²) in [5.74, 6) is 0.939. The predicted molar refractivity (Wildman–Crippen MR) is 115 cm³/mol. The average molecular weight is 447 g/mol. The van der Waals surface area contributed by atoms with Gasteiger partial charge in [-0.25, -0.2) is 0 Å². The lowest BCUT2D eigenvalue weighted by atomic mass is 9.93. The number of nitrogens with one attached hydrogen (secondary N) is 1. The van der Waals surface area contributed by atoms with Gasteiger partial charge in [0.25, 0.3) is 5.91 Å². The van der Waals surface area contributed by atoms with Gasteiger partial charge in [0, 0.05) is 30.3 Å². The Hall–Kier alpha value is -2.51. The largest absolute Gasteiger partial charge is 0.484 e. The lowest BCUT2D eigenvalue weighted by Crippen LogP contribution is -2.53. The van der Waals surface area contributed by atoms with Crippen LogP contribution in [0.5, 0.6) is 5.75 Å². The van der Waals surface area contributed by atoms with E-state index in [9.17, 15) is 9.59 Å². The Kier molecular flexibility index (Phi) is 6.53. The van der Waals surface area contributed by atoms with E-state index in [1.165, 1.54) is 0 Å². The molecule has 1 aromatic carbocycles. The van der Waals surface area contributed by atoms with Gasteiger partial charge < -0.3 is 24.1 Å². The zero-order valence-electron chi connectivity index (χ0n) is 17.6. The summed E-state index contributed by atoms with van der Waals surface area (Å²) in [6.07, 6.45) is 4.43. The number of nitrogens with zero attached hydrogens (tertiary/aromatic N) is 1. The van der Waals surface area contributed by atoms with Crippen LogP contribution in [0.15, 0.2) is 41.0 Å². The third-order valence-electron chi connectivity index (χ3n) is 5.81. The number of carbonyl (C=O) groups is 2. The van der Waals surface area contributed by atoms with Crippen LogP contribution in [0.1, 0.15) is 42.3 Å². The number of amides is 2. The Labute approximate surface area is 186 Å². The smallest absolute Gasteiger partial charge is 0.258 e. The van der Waals surface area contributed by atoms with Gasteiger partial charge in [0.1, 0.15) is 23.7 Å². The van der Waals surface area contributed by atoms with Crippen LogP contribution < -0.4 is 10.1 Å². The fourth-order valence-corrected chi connectivity index (χ4v) is 4.30. The number of fused-ring (bicyclic) bond motifs is 1. The molecular weight excluding hydrogens is 420 g/mol. The van der Waals surface area contributed by atoms with E-state index < -0.39 is 5.60 Å². The summed E-state index contributed by atoms with van der Waals surface area (Å²) in [7, 11) is 0. The minimum atomic E-state index is -0.571. The predicted octanol–water partition coefficient (Wildman–Crippen LogP) is 3.45. The highest BCUT2D eigenvalue weighted by Gasteiger charge is 2.42. The van der Waals surface area contributed by atoms with Crippen LogP contribution >= 0.6 is 11.6 Å². The summed E-state index contributed by atoms with van der Waals surface area (Å²) in [5, 5.41) is 3.44. The summed E-state index contributed by atoms with van der Waals surface area (Å²) in [4.78, 5) is 27.6. The molecular formula is C23H27ClN2O5. The molecule has 0 saturated carbocycles.